The van der Waals surface area contributed by atoms with Crippen LogP contribution in [0.5, 0.6) is 0 Å². The van der Waals surface area contributed by atoms with Crippen molar-refractivity contribution in [2.45, 2.75) is 5.03 Å². The Morgan fingerprint density at radius 2 is 2.44 bits per heavy atom. The first-order chi connectivity index (χ1) is 4.22. The van der Waals surface area contributed by atoms with Gasteiger partial charge in [-0.25, -0.2) is 4.98 Å². The first-order valence-electron chi connectivity index (χ1n) is 2.14. The van der Waals surface area contributed by atoms with Gasteiger partial charge in [0, 0.05) is 0 Å². The summed E-state index contributed by atoms with van der Waals surface area (Å²) in [6, 6.07) is 0. The lowest BCUT2D eigenvalue weighted by molar-refractivity contribution is 1.02. The predicted octanol–water partition coefficient (Wildman–Crippen LogP) is 2.19. The summed E-state index contributed by atoms with van der Waals surface area (Å²) in [5.74, 6) is 0. The second kappa shape index (κ2) is 2.81. The van der Waals surface area contributed by atoms with Gasteiger partial charge in [-0.1, -0.05) is 12.2 Å². The van der Waals surface area contributed by atoms with Gasteiger partial charge in [0.2, 0.25) is 0 Å². The summed E-state index contributed by atoms with van der Waals surface area (Å²) in [6.45, 7) is 0. The van der Waals surface area contributed by atoms with Crippen LogP contribution in [0.2, 0.25) is 0 Å². The SMILES string of the molecule is S=c1[nH]cnc(S)c1Br. The highest BCUT2D eigenvalue weighted by molar-refractivity contribution is 9.10. The monoisotopic (exact) mass is 222 g/mol. The molecule has 0 radical (unpaired) electrons. The molecule has 0 atom stereocenters. The first kappa shape index (κ1) is 7.24. The molecule has 1 rings (SSSR count). The van der Waals surface area contributed by atoms with Crippen molar-refractivity contribution >= 4 is 40.8 Å². The second-order valence-corrected chi connectivity index (χ2v) is 2.99. The summed E-state index contributed by atoms with van der Waals surface area (Å²) < 4.78 is 1.36. The van der Waals surface area contributed by atoms with Gasteiger partial charge >= 0.3 is 0 Å². The van der Waals surface area contributed by atoms with E-state index in [2.05, 4.69) is 38.5 Å². The molecule has 0 saturated carbocycles. The van der Waals surface area contributed by atoms with Crippen LogP contribution in [0, 0.1) is 4.64 Å². The fraction of sp³-hybridized carbons (Fsp3) is 0. The lowest BCUT2D eigenvalue weighted by atomic mass is 10.7. The van der Waals surface area contributed by atoms with Gasteiger partial charge in [0.15, 0.2) is 0 Å². The number of H-pyrrole nitrogens is 1. The average Bonchev–Trinajstić information content (AvgIpc) is 1.83. The van der Waals surface area contributed by atoms with E-state index in [0.717, 1.165) is 4.47 Å². The van der Waals surface area contributed by atoms with Crippen molar-refractivity contribution in [2.75, 3.05) is 0 Å². The Balaban J connectivity index is 3.43. The van der Waals surface area contributed by atoms with Crippen LogP contribution in [0.25, 0.3) is 0 Å². The minimum Gasteiger partial charge on any atom is -0.336 e. The van der Waals surface area contributed by atoms with Crippen molar-refractivity contribution in [3.8, 4) is 0 Å². The Bertz CT molecular complexity index is 270. The van der Waals surface area contributed by atoms with Crippen molar-refractivity contribution in [3.63, 3.8) is 0 Å². The summed E-state index contributed by atoms with van der Waals surface area (Å²) in [5, 5.41) is 0.610. The third-order valence-corrected chi connectivity index (χ3v) is 2.78. The molecule has 9 heavy (non-hydrogen) atoms. The third-order valence-electron chi connectivity index (χ3n) is 0.778. The van der Waals surface area contributed by atoms with Crippen molar-refractivity contribution in [1.82, 2.24) is 9.97 Å². The van der Waals surface area contributed by atoms with Crippen molar-refractivity contribution in [2.24, 2.45) is 0 Å². The Labute approximate surface area is 71.3 Å². The zero-order valence-electron chi connectivity index (χ0n) is 4.26. The normalized spacial score (nSPS) is 9.56. The molecule has 48 valence electrons. The highest BCUT2D eigenvalue weighted by Crippen LogP contribution is 2.16. The fourth-order valence-electron chi connectivity index (χ4n) is 0.374. The molecule has 1 aromatic heterocycles. The number of nitrogens with one attached hydrogen (secondary N) is 1. The highest BCUT2D eigenvalue weighted by Gasteiger charge is 1.94. The van der Waals surface area contributed by atoms with Gasteiger partial charge in [-0.15, -0.1) is 12.6 Å². The maximum atomic E-state index is 4.85. The molecule has 1 N–H and O–H groups in total. The van der Waals surface area contributed by atoms with E-state index in [0.29, 0.717) is 9.67 Å². The largest absolute Gasteiger partial charge is 0.336 e. The lowest BCUT2D eigenvalue weighted by Gasteiger charge is -1.91. The molecule has 0 bridgehead atoms. The quantitative estimate of drug-likeness (QED) is 0.401. The Morgan fingerprint density at radius 1 is 1.78 bits per heavy atom. The molecule has 0 aliphatic carbocycles. The van der Waals surface area contributed by atoms with Gasteiger partial charge < -0.3 is 4.98 Å². The van der Waals surface area contributed by atoms with E-state index < -0.39 is 0 Å². The zero-order valence-corrected chi connectivity index (χ0v) is 7.55. The van der Waals surface area contributed by atoms with Crippen LogP contribution in [0.3, 0.4) is 0 Å². The second-order valence-electron chi connectivity index (χ2n) is 1.37. The molecular weight excluding hydrogens is 220 g/mol. The topological polar surface area (TPSA) is 28.7 Å². The van der Waals surface area contributed by atoms with E-state index in [1.807, 2.05) is 0 Å². The summed E-state index contributed by atoms with van der Waals surface area (Å²) in [6.07, 6.45) is 1.51. The zero-order chi connectivity index (χ0) is 6.85. The molecule has 1 heterocycles. The Hall–Kier alpha value is 0.130. The number of hydrogen-bond acceptors (Lipinski definition) is 3. The summed E-state index contributed by atoms with van der Waals surface area (Å²) in [4.78, 5) is 6.58. The molecule has 0 fully saturated rings. The van der Waals surface area contributed by atoms with Crippen LogP contribution in [0.1, 0.15) is 0 Å². The molecule has 2 nitrogen and oxygen atoms in total. The van der Waals surface area contributed by atoms with Crippen LogP contribution in [-0.2, 0) is 0 Å². The molecule has 0 unspecified atom stereocenters. The number of hydrogen-bond donors (Lipinski definition) is 2. The van der Waals surface area contributed by atoms with Gasteiger partial charge in [-0.05, 0) is 15.9 Å². The smallest absolute Gasteiger partial charge is 0.121 e. The molecular formula is C4H3BrN2S2. The van der Waals surface area contributed by atoms with E-state index in [1.165, 1.54) is 6.33 Å². The number of halogens is 1. The molecule has 0 aliphatic heterocycles. The Kier molecular flexibility index (Phi) is 2.26. The summed E-state index contributed by atoms with van der Waals surface area (Å²) in [7, 11) is 0. The Morgan fingerprint density at radius 3 is 2.89 bits per heavy atom. The number of aromatic amines is 1. The number of rotatable bonds is 0. The first-order valence-corrected chi connectivity index (χ1v) is 3.79. The maximum absolute atomic E-state index is 4.85. The standard InChI is InChI=1S/C4H3BrN2S2/c5-2-3(8)6-1-7-4(2)9/h1H,(H2,6,7,8,9). The summed E-state index contributed by atoms with van der Waals surface area (Å²) >= 11 is 12.1. The third kappa shape index (κ3) is 1.53. The molecule has 5 heteroatoms. The van der Waals surface area contributed by atoms with E-state index in [-0.39, 0.29) is 0 Å². The van der Waals surface area contributed by atoms with Gasteiger partial charge in [0.1, 0.15) is 9.67 Å². The van der Waals surface area contributed by atoms with E-state index in [4.69, 9.17) is 12.2 Å². The molecule has 0 saturated heterocycles. The minimum atomic E-state index is 0.610. The average molecular weight is 223 g/mol. The number of thiol groups is 1. The number of nitrogens with zero attached hydrogens (tertiary/aromatic N) is 1. The lowest BCUT2D eigenvalue weighted by Crippen LogP contribution is -1.81. The van der Waals surface area contributed by atoms with Crippen molar-refractivity contribution in [3.05, 3.63) is 15.4 Å². The molecule has 0 aliphatic rings. The number of aromatic nitrogens is 2. The summed E-state index contributed by atoms with van der Waals surface area (Å²) in [5.41, 5.74) is 0. The van der Waals surface area contributed by atoms with Crippen molar-refractivity contribution in [1.29, 1.82) is 0 Å². The minimum absolute atomic E-state index is 0.610. The van der Waals surface area contributed by atoms with Crippen LogP contribution in [0.4, 0.5) is 0 Å². The van der Waals surface area contributed by atoms with Gasteiger partial charge in [0.05, 0.1) is 10.8 Å². The maximum Gasteiger partial charge on any atom is 0.121 e. The van der Waals surface area contributed by atoms with E-state index in [1.54, 1.807) is 0 Å². The van der Waals surface area contributed by atoms with E-state index in [9.17, 15) is 0 Å². The molecule has 1 aromatic rings. The van der Waals surface area contributed by atoms with Crippen LogP contribution < -0.4 is 0 Å². The van der Waals surface area contributed by atoms with Crippen LogP contribution >= 0.6 is 40.8 Å². The van der Waals surface area contributed by atoms with Gasteiger partial charge in [0.25, 0.3) is 0 Å². The molecule has 0 amide bonds. The van der Waals surface area contributed by atoms with Crippen LogP contribution in [-0.4, -0.2) is 9.97 Å². The highest BCUT2D eigenvalue weighted by atomic mass is 79.9. The van der Waals surface area contributed by atoms with Gasteiger partial charge in [-0.3, -0.25) is 0 Å². The fourth-order valence-corrected chi connectivity index (χ4v) is 0.985. The van der Waals surface area contributed by atoms with Crippen molar-refractivity contribution < 1.29 is 0 Å². The van der Waals surface area contributed by atoms with Gasteiger partial charge in [-0.2, -0.15) is 0 Å². The van der Waals surface area contributed by atoms with E-state index >= 15 is 0 Å². The molecule has 0 aromatic carbocycles. The van der Waals surface area contributed by atoms with Crippen LogP contribution in [0.15, 0.2) is 15.8 Å². The predicted molar refractivity (Wildman–Crippen MR) is 44.4 cm³/mol. The molecule has 0 spiro atoms.